The molecule has 0 aliphatic carbocycles. The molecule has 1 atom stereocenters. The molecule has 0 spiro atoms. The van der Waals surface area contributed by atoms with E-state index in [0.29, 0.717) is 5.69 Å². The number of carbonyl (C=O) groups is 1. The predicted octanol–water partition coefficient (Wildman–Crippen LogP) is 5.20. The van der Waals surface area contributed by atoms with Gasteiger partial charge in [0, 0.05) is 11.9 Å². The Morgan fingerprint density at radius 3 is 2.63 bits per heavy atom. The molecule has 1 N–H and O–H groups in total. The van der Waals surface area contributed by atoms with E-state index in [0.717, 1.165) is 27.6 Å². The van der Waals surface area contributed by atoms with Crippen molar-refractivity contribution < 1.29 is 9.53 Å². The lowest BCUT2D eigenvalue weighted by Gasteiger charge is -2.14. The Bertz CT molecular complexity index is 1190. The number of anilines is 1. The zero-order valence-corrected chi connectivity index (χ0v) is 17.9. The number of halogens is 1. The summed E-state index contributed by atoms with van der Waals surface area (Å²) in [5.41, 5.74) is 3.25. The Balaban J connectivity index is 1.65. The first kappa shape index (κ1) is 20.3. The number of rotatable bonds is 6. The van der Waals surface area contributed by atoms with Crippen LogP contribution in [0.2, 0.25) is 5.15 Å². The van der Waals surface area contributed by atoms with E-state index in [1.165, 1.54) is 11.8 Å². The normalized spacial score (nSPS) is 12.0. The number of para-hydroxylation sites is 2. The van der Waals surface area contributed by atoms with Gasteiger partial charge in [0.05, 0.1) is 29.1 Å². The standard InChI is InChI=1S/C22H19ClN4O2S/c1-14(21(28)25-18-7-5-13-24-20(18)23)30-22-26-17-6-3-4-8-19(17)27(22)15-9-11-16(29-2)12-10-15/h3-14H,1-2H3,(H,25,28). The molecule has 152 valence electrons. The van der Waals surface area contributed by atoms with E-state index in [4.69, 9.17) is 21.3 Å². The van der Waals surface area contributed by atoms with Crippen LogP contribution < -0.4 is 10.1 Å². The van der Waals surface area contributed by atoms with E-state index in [1.54, 1.807) is 25.4 Å². The van der Waals surface area contributed by atoms with Gasteiger partial charge in [0.25, 0.3) is 0 Å². The van der Waals surface area contributed by atoms with Crippen molar-refractivity contribution in [1.29, 1.82) is 0 Å². The number of ether oxygens (including phenoxy) is 1. The Morgan fingerprint density at radius 1 is 1.13 bits per heavy atom. The lowest BCUT2D eigenvalue weighted by Crippen LogP contribution is -2.23. The number of amides is 1. The van der Waals surface area contributed by atoms with E-state index in [2.05, 4.69) is 10.3 Å². The van der Waals surface area contributed by atoms with E-state index in [1.807, 2.05) is 60.0 Å². The predicted molar refractivity (Wildman–Crippen MR) is 121 cm³/mol. The van der Waals surface area contributed by atoms with Gasteiger partial charge in [-0.15, -0.1) is 0 Å². The lowest BCUT2D eigenvalue weighted by molar-refractivity contribution is -0.115. The maximum atomic E-state index is 12.7. The molecule has 4 rings (SSSR count). The molecule has 1 amide bonds. The van der Waals surface area contributed by atoms with Crippen LogP contribution in [0, 0.1) is 0 Å². The minimum Gasteiger partial charge on any atom is -0.497 e. The first-order chi connectivity index (χ1) is 14.6. The van der Waals surface area contributed by atoms with Crippen LogP contribution in [0.4, 0.5) is 5.69 Å². The van der Waals surface area contributed by atoms with Gasteiger partial charge in [-0.2, -0.15) is 0 Å². The first-order valence-corrected chi connectivity index (χ1v) is 10.5. The average Bonchev–Trinajstić information content (AvgIpc) is 3.13. The average molecular weight is 439 g/mol. The molecule has 0 aliphatic heterocycles. The summed E-state index contributed by atoms with van der Waals surface area (Å²) in [6.07, 6.45) is 1.58. The minimum atomic E-state index is -0.407. The number of pyridine rings is 1. The molecule has 0 bridgehead atoms. The smallest absolute Gasteiger partial charge is 0.237 e. The number of methoxy groups -OCH3 is 1. The molecule has 0 saturated carbocycles. The number of nitrogens with one attached hydrogen (secondary N) is 1. The molecule has 0 fully saturated rings. The second kappa shape index (κ2) is 8.77. The van der Waals surface area contributed by atoms with Gasteiger partial charge in [0.1, 0.15) is 5.75 Å². The van der Waals surface area contributed by atoms with Gasteiger partial charge in [-0.1, -0.05) is 35.5 Å². The van der Waals surface area contributed by atoms with Crippen molar-refractivity contribution in [3.8, 4) is 11.4 Å². The third kappa shape index (κ3) is 4.13. The van der Waals surface area contributed by atoms with Gasteiger partial charge in [-0.05, 0) is 55.5 Å². The van der Waals surface area contributed by atoms with Crippen molar-refractivity contribution in [3.63, 3.8) is 0 Å². The SMILES string of the molecule is COc1ccc(-n2c(SC(C)C(=O)Nc3cccnc3Cl)nc3ccccc32)cc1. The summed E-state index contributed by atoms with van der Waals surface area (Å²) < 4.78 is 7.31. The van der Waals surface area contributed by atoms with Gasteiger partial charge in [0.2, 0.25) is 5.91 Å². The maximum absolute atomic E-state index is 12.7. The fraction of sp³-hybridized carbons (Fsp3) is 0.136. The maximum Gasteiger partial charge on any atom is 0.237 e. The largest absolute Gasteiger partial charge is 0.497 e. The second-order valence-electron chi connectivity index (χ2n) is 6.51. The topological polar surface area (TPSA) is 69.0 Å². The number of imidazole rings is 1. The van der Waals surface area contributed by atoms with Crippen LogP contribution >= 0.6 is 23.4 Å². The molecule has 8 heteroatoms. The zero-order valence-electron chi connectivity index (χ0n) is 16.4. The molecule has 1 unspecified atom stereocenters. The van der Waals surface area contributed by atoms with Crippen molar-refractivity contribution in [2.45, 2.75) is 17.3 Å². The Morgan fingerprint density at radius 2 is 1.90 bits per heavy atom. The van der Waals surface area contributed by atoms with Crippen LogP contribution in [0.1, 0.15) is 6.92 Å². The number of nitrogens with zero attached hydrogens (tertiary/aromatic N) is 3. The summed E-state index contributed by atoms with van der Waals surface area (Å²) in [5.74, 6) is 0.599. The molecule has 0 radical (unpaired) electrons. The molecule has 2 aromatic carbocycles. The van der Waals surface area contributed by atoms with Crippen molar-refractivity contribution in [1.82, 2.24) is 14.5 Å². The van der Waals surface area contributed by atoms with Gasteiger partial charge in [0.15, 0.2) is 10.3 Å². The number of aromatic nitrogens is 3. The summed E-state index contributed by atoms with van der Waals surface area (Å²) in [6.45, 7) is 1.84. The lowest BCUT2D eigenvalue weighted by atomic mass is 10.2. The molecular formula is C22H19ClN4O2S. The monoisotopic (exact) mass is 438 g/mol. The van der Waals surface area contributed by atoms with Crippen molar-refractivity contribution in [2.24, 2.45) is 0 Å². The van der Waals surface area contributed by atoms with Crippen LogP contribution in [0.5, 0.6) is 5.75 Å². The van der Waals surface area contributed by atoms with Crippen molar-refractivity contribution >= 4 is 46.0 Å². The molecule has 30 heavy (non-hydrogen) atoms. The highest BCUT2D eigenvalue weighted by Gasteiger charge is 2.21. The fourth-order valence-electron chi connectivity index (χ4n) is 2.99. The quantitative estimate of drug-likeness (QED) is 0.331. The number of hydrogen-bond acceptors (Lipinski definition) is 5. The van der Waals surface area contributed by atoms with Crippen LogP contribution in [-0.4, -0.2) is 32.8 Å². The first-order valence-electron chi connectivity index (χ1n) is 9.27. The van der Waals surface area contributed by atoms with Gasteiger partial charge < -0.3 is 10.1 Å². The molecule has 4 aromatic rings. The van der Waals surface area contributed by atoms with Crippen LogP contribution in [0.15, 0.2) is 72.0 Å². The second-order valence-corrected chi connectivity index (χ2v) is 8.17. The fourth-order valence-corrected chi connectivity index (χ4v) is 4.10. The highest BCUT2D eigenvalue weighted by atomic mass is 35.5. The highest BCUT2D eigenvalue weighted by molar-refractivity contribution is 8.00. The van der Waals surface area contributed by atoms with Gasteiger partial charge >= 0.3 is 0 Å². The molecule has 6 nitrogen and oxygen atoms in total. The van der Waals surface area contributed by atoms with E-state index in [-0.39, 0.29) is 11.1 Å². The Hall–Kier alpha value is -3.03. The number of thioether (sulfide) groups is 1. The third-order valence-electron chi connectivity index (χ3n) is 4.53. The van der Waals surface area contributed by atoms with Crippen molar-refractivity contribution in [3.05, 3.63) is 72.0 Å². The van der Waals surface area contributed by atoms with E-state index < -0.39 is 5.25 Å². The summed E-state index contributed by atoms with van der Waals surface area (Å²) in [6, 6.07) is 19.1. The Labute approximate surface area is 183 Å². The number of carbonyl (C=O) groups excluding carboxylic acids is 1. The van der Waals surface area contributed by atoms with Gasteiger partial charge in [-0.25, -0.2) is 9.97 Å². The van der Waals surface area contributed by atoms with Gasteiger partial charge in [-0.3, -0.25) is 9.36 Å². The number of hydrogen-bond donors (Lipinski definition) is 1. The number of benzene rings is 2. The van der Waals surface area contributed by atoms with Crippen LogP contribution in [0.3, 0.4) is 0 Å². The number of fused-ring (bicyclic) bond motifs is 1. The summed E-state index contributed by atoms with van der Waals surface area (Å²) in [5, 5.41) is 3.40. The highest BCUT2D eigenvalue weighted by Crippen LogP contribution is 2.31. The third-order valence-corrected chi connectivity index (χ3v) is 5.88. The molecule has 0 saturated heterocycles. The summed E-state index contributed by atoms with van der Waals surface area (Å²) >= 11 is 7.44. The van der Waals surface area contributed by atoms with Crippen LogP contribution in [0.25, 0.3) is 16.7 Å². The Kier molecular flexibility index (Phi) is 5.92. The summed E-state index contributed by atoms with van der Waals surface area (Å²) in [7, 11) is 1.64. The zero-order chi connectivity index (χ0) is 21.1. The molecule has 0 aliphatic rings. The van der Waals surface area contributed by atoms with Crippen LogP contribution in [-0.2, 0) is 4.79 Å². The van der Waals surface area contributed by atoms with E-state index >= 15 is 0 Å². The van der Waals surface area contributed by atoms with E-state index in [9.17, 15) is 4.79 Å². The molecule has 2 heterocycles. The molecular weight excluding hydrogens is 420 g/mol. The minimum absolute atomic E-state index is 0.178. The van der Waals surface area contributed by atoms with Crippen molar-refractivity contribution in [2.75, 3.05) is 12.4 Å². The molecule has 2 aromatic heterocycles. The summed E-state index contributed by atoms with van der Waals surface area (Å²) in [4.78, 5) is 21.5.